The van der Waals surface area contributed by atoms with E-state index in [9.17, 15) is 18.0 Å². The molecule has 0 radical (unpaired) electrons. The number of benzene rings is 1. The number of allylic oxidation sites excluding steroid dienone is 2. The van der Waals surface area contributed by atoms with Crippen LogP contribution in [0.1, 0.15) is 13.3 Å². The van der Waals surface area contributed by atoms with E-state index in [2.05, 4.69) is 4.72 Å². The van der Waals surface area contributed by atoms with Crippen LogP contribution in [0.15, 0.2) is 64.9 Å². The number of methoxy groups -OCH3 is 2. The molecule has 0 unspecified atom stereocenters. The number of hydrogen-bond donors (Lipinski definition) is 1. The summed E-state index contributed by atoms with van der Waals surface area (Å²) in [6, 6.07) is 5.89. The highest BCUT2D eigenvalue weighted by atomic mass is 32.2. The molecule has 2 rings (SSSR count). The maximum Gasteiger partial charge on any atom is 0.355 e. The molecule has 0 saturated carbocycles. The lowest BCUT2D eigenvalue weighted by molar-refractivity contribution is -0.139. The van der Waals surface area contributed by atoms with Gasteiger partial charge in [-0.25, -0.2) is 22.7 Å². The molecule has 1 aliphatic rings. The highest BCUT2D eigenvalue weighted by molar-refractivity contribution is 7.89. The van der Waals surface area contributed by atoms with E-state index < -0.39 is 22.0 Å². The summed E-state index contributed by atoms with van der Waals surface area (Å²) in [5, 5.41) is 0. The Morgan fingerprint density at radius 2 is 1.71 bits per heavy atom. The Bertz CT molecular complexity index is 979. The Labute approximate surface area is 182 Å². The molecule has 1 aromatic rings. The minimum atomic E-state index is -3.70. The first-order chi connectivity index (χ1) is 14.9. The molecule has 0 spiro atoms. The highest BCUT2D eigenvalue weighted by Gasteiger charge is 2.27. The molecule has 168 valence electrons. The van der Waals surface area contributed by atoms with E-state index in [1.165, 1.54) is 49.5 Å². The molecule has 1 N–H and O–H groups in total. The highest BCUT2D eigenvalue weighted by Crippen LogP contribution is 2.27. The molecular weight excluding hydrogens is 424 g/mol. The number of ether oxygens (including phenoxy) is 3. The largest absolute Gasteiger partial charge is 0.465 e. The van der Waals surface area contributed by atoms with Crippen molar-refractivity contribution in [2.45, 2.75) is 18.2 Å². The monoisotopic (exact) mass is 450 g/mol. The lowest BCUT2D eigenvalue weighted by Crippen LogP contribution is -2.27. The summed E-state index contributed by atoms with van der Waals surface area (Å²) in [5.74, 6) is -1.45. The van der Waals surface area contributed by atoms with Crippen LogP contribution < -0.4 is 9.62 Å². The van der Waals surface area contributed by atoms with Crippen molar-refractivity contribution in [1.82, 2.24) is 4.72 Å². The number of sulfonamides is 1. The topological polar surface area (TPSA) is 111 Å². The summed E-state index contributed by atoms with van der Waals surface area (Å²) in [6.07, 6.45) is 6.78. The summed E-state index contributed by atoms with van der Waals surface area (Å²) in [6.45, 7) is 3.17. The quantitative estimate of drug-likeness (QED) is 0.425. The zero-order valence-corrected chi connectivity index (χ0v) is 18.5. The molecular formula is C21H26N2O7S. The minimum Gasteiger partial charge on any atom is -0.465 e. The molecule has 0 atom stereocenters. The maximum absolute atomic E-state index is 12.5. The summed E-state index contributed by atoms with van der Waals surface area (Å²) < 4.78 is 42.3. The smallest absolute Gasteiger partial charge is 0.355 e. The van der Waals surface area contributed by atoms with E-state index >= 15 is 0 Å². The van der Waals surface area contributed by atoms with Crippen LogP contribution >= 0.6 is 0 Å². The Hall–Kier alpha value is -2.95. The van der Waals surface area contributed by atoms with Crippen LogP contribution in [0.25, 0.3) is 0 Å². The van der Waals surface area contributed by atoms with Crippen molar-refractivity contribution in [1.29, 1.82) is 0 Å². The van der Waals surface area contributed by atoms with Gasteiger partial charge in [0.25, 0.3) is 0 Å². The van der Waals surface area contributed by atoms with Gasteiger partial charge < -0.3 is 19.1 Å². The minimum absolute atomic E-state index is 0.00649. The summed E-state index contributed by atoms with van der Waals surface area (Å²) in [7, 11) is -1.28. The van der Waals surface area contributed by atoms with E-state index in [0.29, 0.717) is 25.3 Å². The van der Waals surface area contributed by atoms with Gasteiger partial charge in [-0.05, 0) is 49.8 Å². The van der Waals surface area contributed by atoms with Crippen molar-refractivity contribution in [2.75, 3.05) is 38.9 Å². The van der Waals surface area contributed by atoms with Crippen LogP contribution in [0.4, 0.5) is 5.69 Å². The Balaban J connectivity index is 2.31. The number of nitrogens with one attached hydrogen (secondary N) is 1. The molecule has 1 heterocycles. The number of hydrogen-bond acceptors (Lipinski definition) is 8. The lowest BCUT2D eigenvalue weighted by Gasteiger charge is -2.23. The third-order valence-electron chi connectivity index (χ3n) is 4.28. The zero-order valence-electron chi connectivity index (χ0n) is 17.7. The van der Waals surface area contributed by atoms with Crippen molar-refractivity contribution in [2.24, 2.45) is 0 Å². The normalized spacial score (nSPS) is 13.8. The molecule has 10 heteroatoms. The zero-order chi connectivity index (χ0) is 22.9. The van der Waals surface area contributed by atoms with Gasteiger partial charge in [0.05, 0.1) is 24.7 Å². The van der Waals surface area contributed by atoms with Crippen molar-refractivity contribution in [3.8, 4) is 0 Å². The van der Waals surface area contributed by atoms with Crippen LogP contribution in [-0.2, 0) is 33.8 Å². The Morgan fingerprint density at radius 1 is 1.03 bits per heavy atom. The first-order valence-corrected chi connectivity index (χ1v) is 11.1. The van der Waals surface area contributed by atoms with Crippen LogP contribution in [0.3, 0.4) is 0 Å². The number of nitrogens with zero attached hydrogens (tertiary/aromatic N) is 1. The standard InChI is InChI=1S/C21H26N2O7S/c1-4-30-15-7-13-22-31(26,27)17-11-9-16(10-12-17)23-14-6-5-8-18(20(24)28-2)19(23)21(25)29-3/h5-6,8-12,14,22H,4,7,13,15H2,1-3H3. The van der Waals surface area contributed by atoms with E-state index in [1.54, 1.807) is 18.4 Å². The van der Waals surface area contributed by atoms with Crippen molar-refractivity contribution in [3.63, 3.8) is 0 Å². The average molecular weight is 451 g/mol. The molecule has 1 aromatic carbocycles. The number of rotatable bonds is 10. The van der Waals surface area contributed by atoms with Gasteiger partial charge in [-0.3, -0.25) is 0 Å². The van der Waals surface area contributed by atoms with Gasteiger partial charge in [0.15, 0.2) is 0 Å². The third-order valence-corrected chi connectivity index (χ3v) is 5.75. The van der Waals surface area contributed by atoms with Crippen molar-refractivity contribution >= 4 is 27.6 Å². The third kappa shape index (κ3) is 6.27. The van der Waals surface area contributed by atoms with E-state index in [-0.39, 0.29) is 22.7 Å². The fourth-order valence-electron chi connectivity index (χ4n) is 2.76. The molecule has 0 aromatic heterocycles. The first-order valence-electron chi connectivity index (χ1n) is 9.58. The molecule has 31 heavy (non-hydrogen) atoms. The van der Waals surface area contributed by atoms with Gasteiger partial charge in [0.1, 0.15) is 5.70 Å². The molecule has 1 aliphatic heterocycles. The molecule has 0 saturated heterocycles. The predicted octanol–water partition coefficient (Wildman–Crippen LogP) is 1.88. The second kappa shape index (κ2) is 11.4. The van der Waals surface area contributed by atoms with Crippen LogP contribution in [0, 0.1) is 0 Å². The van der Waals surface area contributed by atoms with Crippen LogP contribution in [-0.4, -0.2) is 54.3 Å². The van der Waals surface area contributed by atoms with Gasteiger partial charge in [0, 0.05) is 31.6 Å². The summed E-state index contributed by atoms with van der Waals surface area (Å²) >= 11 is 0. The fraction of sp³-hybridized carbons (Fsp3) is 0.333. The average Bonchev–Trinajstić information content (AvgIpc) is 3.01. The van der Waals surface area contributed by atoms with Gasteiger partial charge >= 0.3 is 11.9 Å². The Morgan fingerprint density at radius 3 is 2.32 bits per heavy atom. The van der Waals surface area contributed by atoms with E-state index in [4.69, 9.17) is 14.2 Å². The van der Waals surface area contributed by atoms with Gasteiger partial charge in [-0.1, -0.05) is 6.08 Å². The Kier molecular flexibility index (Phi) is 8.98. The number of carbonyl (C=O) groups excluding carboxylic acids is 2. The lowest BCUT2D eigenvalue weighted by atomic mass is 10.1. The number of anilines is 1. The second-order valence-corrected chi connectivity index (χ2v) is 8.03. The van der Waals surface area contributed by atoms with Crippen molar-refractivity contribution in [3.05, 3.63) is 60.0 Å². The van der Waals surface area contributed by atoms with E-state index in [0.717, 1.165) is 0 Å². The maximum atomic E-state index is 12.5. The second-order valence-electron chi connectivity index (χ2n) is 6.26. The molecule has 9 nitrogen and oxygen atoms in total. The van der Waals surface area contributed by atoms with Crippen molar-refractivity contribution < 1.29 is 32.2 Å². The van der Waals surface area contributed by atoms with Gasteiger partial charge in [-0.15, -0.1) is 0 Å². The number of carbonyl (C=O) groups is 2. The molecule has 0 aliphatic carbocycles. The molecule has 0 fully saturated rings. The van der Waals surface area contributed by atoms with E-state index in [1.807, 2.05) is 6.92 Å². The summed E-state index contributed by atoms with van der Waals surface area (Å²) in [4.78, 5) is 26.1. The van der Waals surface area contributed by atoms with Crippen LogP contribution in [0.5, 0.6) is 0 Å². The van der Waals surface area contributed by atoms with Crippen LogP contribution in [0.2, 0.25) is 0 Å². The first kappa shape index (κ1) is 24.3. The molecule has 0 amide bonds. The SMILES string of the molecule is CCOCCCNS(=O)(=O)c1ccc(N2C=CC=CC(C(=O)OC)=C2C(=O)OC)cc1. The van der Waals surface area contributed by atoms with Gasteiger partial charge in [0.2, 0.25) is 10.0 Å². The van der Waals surface area contributed by atoms with Gasteiger partial charge in [-0.2, -0.15) is 0 Å². The summed E-state index contributed by atoms with van der Waals surface area (Å²) in [5.41, 5.74) is 0.410. The number of esters is 2. The molecule has 0 bridgehead atoms. The predicted molar refractivity (Wildman–Crippen MR) is 115 cm³/mol. The fourth-order valence-corrected chi connectivity index (χ4v) is 3.83.